The third-order valence-electron chi connectivity index (χ3n) is 2.34. The lowest BCUT2D eigenvalue weighted by Gasteiger charge is -2.05. The lowest BCUT2D eigenvalue weighted by Crippen LogP contribution is -1.90. The maximum Gasteiger partial charge on any atom is 0.192 e. The van der Waals surface area contributed by atoms with E-state index in [9.17, 15) is 5.11 Å². The molecule has 0 aliphatic heterocycles. The van der Waals surface area contributed by atoms with Crippen LogP contribution >= 0.6 is 11.8 Å². The zero-order valence-corrected chi connectivity index (χ0v) is 10.6. The first-order valence-electron chi connectivity index (χ1n) is 5.40. The van der Waals surface area contributed by atoms with Crippen LogP contribution in [0.25, 0.3) is 0 Å². The van der Waals surface area contributed by atoms with Crippen molar-refractivity contribution in [3.05, 3.63) is 47.8 Å². The lowest BCUT2D eigenvalue weighted by molar-refractivity contribution is 0.199. The molecule has 0 fully saturated rings. The molecule has 0 bridgehead atoms. The number of aliphatic hydroxyl groups is 1. The molecule has 2 aromatic rings. The van der Waals surface area contributed by atoms with Crippen LogP contribution in [0.15, 0.2) is 46.6 Å². The molecular weight excluding hydrogens is 232 g/mol. The number of aromatic nitrogens is 2. The van der Waals surface area contributed by atoms with Gasteiger partial charge in [0.2, 0.25) is 0 Å². The molecule has 3 nitrogen and oxygen atoms in total. The summed E-state index contributed by atoms with van der Waals surface area (Å²) in [6.45, 7) is 3.70. The fourth-order valence-electron chi connectivity index (χ4n) is 1.39. The molecular formula is C13H14N2OS. The third kappa shape index (κ3) is 3.28. The van der Waals surface area contributed by atoms with Gasteiger partial charge in [-0.05, 0) is 49.4 Å². The van der Waals surface area contributed by atoms with E-state index in [0.29, 0.717) is 0 Å². The summed E-state index contributed by atoms with van der Waals surface area (Å²) in [4.78, 5) is 9.59. The molecule has 0 radical (unpaired) electrons. The fraction of sp³-hybridized carbons (Fsp3) is 0.231. The summed E-state index contributed by atoms with van der Waals surface area (Å²) >= 11 is 1.52. The summed E-state index contributed by atoms with van der Waals surface area (Å²) in [6, 6.07) is 9.66. The van der Waals surface area contributed by atoms with Gasteiger partial charge in [0, 0.05) is 16.8 Å². The van der Waals surface area contributed by atoms with Gasteiger partial charge >= 0.3 is 0 Å². The number of rotatable bonds is 3. The van der Waals surface area contributed by atoms with Gasteiger partial charge in [0.15, 0.2) is 5.16 Å². The average Bonchev–Trinajstić information content (AvgIpc) is 2.29. The van der Waals surface area contributed by atoms with Crippen LogP contribution in [0, 0.1) is 6.92 Å². The molecule has 4 heteroatoms. The number of aryl methyl sites for hydroxylation is 1. The maximum atomic E-state index is 9.41. The van der Waals surface area contributed by atoms with Gasteiger partial charge in [-0.3, -0.25) is 0 Å². The highest BCUT2D eigenvalue weighted by molar-refractivity contribution is 7.99. The van der Waals surface area contributed by atoms with Crippen molar-refractivity contribution < 1.29 is 5.11 Å². The predicted octanol–water partition coefficient (Wildman–Crippen LogP) is 2.99. The van der Waals surface area contributed by atoms with Crippen LogP contribution in [-0.4, -0.2) is 15.1 Å². The van der Waals surface area contributed by atoms with E-state index < -0.39 is 6.10 Å². The molecule has 1 heterocycles. The summed E-state index contributed by atoms with van der Waals surface area (Å²) in [6.07, 6.45) is 1.33. The normalized spacial score (nSPS) is 12.4. The van der Waals surface area contributed by atoms with E-state index in [0.717, 1.165) is 21.3 Å². The van der Waals surface area contributed by atoms with Crippen molar-refractivity contribution in [2.75, 3.05) is 0 Å². The van der Waals surface area contributed by atoms with Crippen molar-refractivity contribution in [1.82, 2.24) is 9.97 Å². The van der Waals surface area contributed by atoms with Gasteiger partial charge in [-0.25, -0.2) is 9.97 Å². The number of hydrogen-bond donors (Lipinski definition) is 1. The standard InChI is InChI=1S/C13H14N2OS/c1-9-7-8-14-13(15-9)17-12-5-3-11(4-6-12)10(2)16/h3-8,10,16H,1-2H3/t10-/m0/s1. The van der Waals surface area contributed by atoms with Gasteiger partial charge in [-0.1, -0.05) is 12.1 Å². The molecule has 0 unspecified atom stereocenters. The molecule has 1 aromatic carbocycles. The minimum atomic E-state index is -0.427. The molecule has 0 amide bonds. The van der Waals surface area contributed by atoms with E-state index in [1.54, 1.807) is 13.1 Å². The van der Waals surface area contributed by atoms with Crippen molar-refractivity contribution in [3.8, 4) is 0 Å². The molecule has 1 N–H and O–H groups in total. The Balaban J connectivity index is 2.14. The molecule has 88 valence electrons. The molecule has 0 saturated heterocycles. The number of nitrogens with zero attached hydrogens (tertiary/aromatic N) is 2. The predicted molar refractivity (Wildman–Crippen MR) is 68.0 cm³/mol. The molecule has 0 spiro atoms. The van der Waals surface area contributed by atoms with E-state index >= 15 is 0 Å². The van der Waals surface area contributed by atoms with Gasteiger partial charge in [0.05, 0.1) is 6.10 Å². The molecule has 17 heavy (non-hydrogen) atoms. The Kier molecular flexibility index (Phi) is 3.76. The summed E-state index contributed by atoms with van der Waals surface area (Å²) in [5.74, 6) is 0. The Morgan fingerprint density at radius 3 is 2.47 bits per heavy atom. The van der Waals surface area contributed by atoms with Crippen LogP contribution in [0.5, 0.6) is 0 Å². The molecule has 0 aliphatic rings. The van der Waals surface area contributed by atoms with Gasteiger partial charge in [0.25, 0.3) is 0 Å². The first-order valence-corrected chi connectivity index (χ1v) is 6.22. The zero-order valence-electron chi connectivity index (χ0n) is 9.79. The lowest BCUT2D eigenvalue weighted by atomic mass is 10.1. The monoisotopic (exact) mass is 246 g/mol. The summed E-state index contributed by atoms with van der Waals surface area (Å²) in [5, 5.41) is 10.2. The van der Waals surface area contributed by atoms with E-state index in [2.05, 4.69) is 9.97 Å². The Labute approximate surface area is 105 Å². The second-order valence-electron chi connectivity index (χ2n) is 3.83. The second-order valence-corrected chi connectivity index (χ2v) is 4.87. The Bertz CT molecular complexity index is 497. The van der Waals surface area contributed by atoms with Crippen LogP contribution in [0.4, 0.5) is 0 Å². The smallest absolute Gasteiger partial charge is 0.192 e. The molecule has 0 aliphatic carbocycles. The van der Waals surface area contributed by atoms with Crippen LogP contribution in [0.3, 0.4) is 0 Å². The highest BCUT2D eigenvalue weighted by atomic mass is 32.2. The largest absolute Gasteiger partial charge is 0.389 e. The third-order valence-corrected chi connectivity index (χ3v) is 3.23. The van der Waals surface area contributed by atoms with Crippen molar-refractivity contribution in [3.63, 3.8) is 0 Å². The first-order chi connectivity index (χ1) is 8.15. The Morgan fingerprint density at radius 1 is 1.18 bits per heavy atom. The molecule has 1 atom stereocenters. The fourth-order valence-corrected chi connectivity index (χ4v) is 2.18. The van der Waals surface area contributed by atoms with Crippen LogP contribution in [0.1, 0.15) is 24.3 Å². The van der Waals surface area contributed by atoms with E-state index in [1.165, 1.54) is 11.8 Å². The van der Waals surface area contributed by atoms with Crippen molar-refractivity contribution in [2.45, 2.75) is 30.0 Å². The minimum Gasteiger partial charge on any atom is -0.389 e. The van der Waals surface area contributed by atoms with Gasteiger partial charge < -0.3 is 5.11 Å². The minimum absolute atomic E-state index is 0.427. The van der Waals surface area contributed by atoms with Crippen LogP contribution < -0.4 is 0 Å². The molecule has 2 rings (SSSR count). The van der Waals surface area contributed by atoms with Gasteiger partial charge in [0.1, 0.15) is 0 Å². The van der Waals surface area contributed by atoms with E-state index in [4.69, 9.17) is 0 Å². The summed E-state index contributed by atoms with van der Waals surface area (Å²) in [7, 11) is 0. The zero-order chi connectivity index (χ0) is 12.3. The van der Waals surface area contributed by atoms with Crippen molar-refractivity contribution in [2.24, 2.45) is 0 Å². The SMILES string of the molecule is Cc1ccnc(Sc2ccc([C@H](C)O)cc2)n1. The second kappa shape index (κ2) is 5.29. The van der Waals surface area contributed by atoms with Gasteiger partial charge in [-0.15, -0.1) is 0 Å². The molecule has 1 aromatic heterocycles. The van der Waals surface area contributed by atoms with Gasteiger partial charge in [-0.2, -0.15) is 0 Å². The number of benzene rings is 1. The maximum absolute atomic E-state index is 9.41. The topological polar surface area (TPSA) is 46.0 Å². The first kappa shape index (κ1) is 12.1. The summed E-state index contributed by atoms with van der Waals surface area (Å²) < 4.78 is 0. The van der Waals surface area contributed by atoms with Crippen LogP contribution in [-0.2, 0) is 0 Å². The van der Waals surface area contributed by atoms with Crippen molar-refractivity contribution in [1.29, 1.82) is 0 Å². The van der Waals surface area contributed by atoms with Crippen LogP contribution in [0.2, 0.25) is 0 Å². The number of hydrogen-bond acceptors (Lipinski definition) is 4. The highest BCUT2D eigenvalue weighted by Gasteiger charge is 2.03. The highest BCUT2D eigenvalue weighted by Crippen LogP contribution is 2.25. The number of aliphatic hydroxyl groups excluding tert-OH is 1. The van der Waals surface area contributed by atoms with E-state index in [1.807, 2.05) is 37.3 Å². The average molecular weight is 246 g/mol. The van der Waals surface area contributed by atoms with Crippen molar-refractivity contribution >= 4 is 11.8 Å². The molecule has 0 saturated carbocycles. The summed E-state index contributed by atoms with van der Waals surface area (Å²) in [5.41, 5.74) is 1.88. The Morgan fingerprint density at radius 2 is 1.88 bits per heavy atom. The quantitative estimate of drug-likeness (QED) is 0.846. The Hall–Kier alpha value is -1.39. The van der Waals surface area contributed by atoms with E-state index in [-0.39, 0.29) is 0 Å².